The zero-order valence-electron chi connectivity index (χ0n) is 15.2. The van der Waals surface area contributed by atoms with Crippen LogP contribution >= 0.6 is 11.8 Å². The highest BCUT2D eigenvalue weighted by Gasteiger charge is 2.27. The summed E-state index contributed by atoms with van der Waals surface area (Å²) in [5.41, 5.74) is 1.66. The van der Waals surface area contributed by atoms with E-state index >= 15 is 0 Å². The number of nitro groups is 1. The van der Waals surface area contributed by atoms with Gasteiger partial charge in [0.2, 0.25) is 0 Å². The first-order valence-corrected chi connectivity index (χ1v) is 10.3. The lowest BCUT2D eigenvalue weighted by molar-refractivity contribution is -0.384. The number of non-ortho nitro benzene ring substituents is 1. The SMILES string of the molecule is O=C(NC1CCSc2ccc(F)cc21)c1cc([N+](=O)[O-])ccc1N1CCCC1. The number of hydrogen-bond donors (Lipinski definition) is 1. The van der Waals surface area contributed by atoms with Crippen molar-refractivity contribution in [3.8, 4) is 0 Å². The van der Waals surface area contributed by atoms with Crippen LogP contribution in [0.25, 0.3) is 0 Å². The van der Waals surface area contributed by atoms with E-state index in [-0.39, 0.29) is 23.5 Å². The molecule has 1 saturated heterocycles. The Kier molecular flexibility index (Phi) is 5.21. The topological polar surface area (TPSA) is 75.5 Å². The summed E-state index contributed by atoms with van der Waals surface area (Å²) in [6.45, 7) is 1.65. The van der Waals surface area contributed by atoms with Gasteiger partial charge in [-0.3, -0.25) is 14.9 Å². The fraction of sp³-hybridized carbons (Fsp3) is 0.350. The van der Waals surface area contributed by atoms with Gasteiger partial charge in [0.1, 0.15) is 5.82 Å². The number of rotatable bonds is 4. The fourth-order valence-electron chi connectivity index (χ4n) is 3.80. The maximum atomic E-state index is 13.7. The third kappa shape index (κ3) is 3.69. The van der Waals surface area contributed by atoms with Crippen LogP contribution in [0.4, 0.5) is 15.8 Å². The molecule has 1 atom stereocenters. The van der Waals surface area contributed by atoms with Crippen LogP contribution < -0.4 is 10.2 Å². The molecular weight excluding hydrogens is 381 g/mol. The maximum absolute atomic E-state index is 13.7. The largest absolute Gasteiger partial charge is 0.371 e. The van der Waals surface area contributed by atoms with E-state index in [9.17, 15) is 19.3 Å². The van der Waals surface area contributed by atoms with Crippen LogP contribution in [0, 0.1) is 15.9 Å². The second-order valence-corrected chi connectivity index (χ2v) is 8.13. The molecule has 0 spiro atoms. The van der Waals surface area contributed by atoms with Crippen molar-refractivity contribution in [2.45, 2.75) is 30.2 Å². The van der Waals surface area contributed by atoms with E-state index in [4.69, 9.17) is 0 Å². The van der Waals surface area contributed by atoms with E-state index in [1.807, 2.05) is 0 Å². The number of fused-ring (bicyclic) bond motifs is 1. The lowest BCUT2D eigenvalue weighted by Crippen LogP contribution is -2.32. The molecule has 8 heteroatoms. The monoisotopic (exact) mass is 401 g/mol. The number of carbonyl (C=O) groups excluding carboxylic acids is 1. The van der Waals surface area contributed by atoms with Crippen LogP contribution in [0.2, 0.25) is 0 Å². The van der Waals surface area contributed by atoms with E-state index in [1.54, 1.807) is 23.9 Å². The summed E-state index contributed by atoms with van der Waals surface area (Å²) in [6, 6.07) is 8.73. The molecule has 2 aliphatic rings. The first-order valence-electron chi connectivity index (χ1n) is 9.29. The number of hydrogen-bond acceptors (Lipinski definition) is 5. The number of thioether (sulfide) groups is 1. The number of benzene rings is 2. The Labute approximate surface area is 166 Å². The average molecular weight is 401 g/mol. The number of nitrogens with one attached hydrogen (secondary N) is 1. The smallest absolute Gasteiger partial charge is 0.270 e. The van der Waals surface area contributed by atoms with E-state index in [0.717, 1.165) is 42.1 Å². The van der Waals surface area contributed by atoms with Gasteiger partial charge in [-0.2, -0.15) is 0 Å². The number of nitro benzene ring substituents is 1. The summed E-state index contributed by atoms with van der Waals surface area (Å²) in [5.74, 6) is 0.114. The molecule has 0 radical (unpaired) electrons. The van der Waals surface area contributed by atoms with E-state index < -0.39 is 4.92 Å². The van der Waals surface area contributed by atoms with Gasteiger partial charge in [0, 0.05) is 35.9 Å². The van der Waals surface area contributed by atoms with Gasteiger partial charge >= 0.3 is 0 Å². The summed E-state index contributed by atoms with van der Waals surface area (Å²) < 4.78 is 13.7. The number of halogens is 1. The molecule has 6 nitrogen and oxygen atoms in total. The fourth-order valence-corrected chi connectivity index (χ4v) is 4.91. The van der Waals surface area contributed by atoms with Crippen molar-refractivity contribution in [2.24, 2.45) is 0 Å². The number of anilines is 1. The Morgan fingerprint density at radius 3 is 2.75 bits per heavy atom. The highest BCUT2D eigenvalue weighted by atomic mass is 32.2. The summed E-state index contributed by atoms with van der Waals surface area (Å²) in [6.07, 6.45) is 2.75. The van der Waals surface area contributed by atoms with Crippen LogP contribution in [-0.4, -0.2) is 29.7 Å². The van der Waals surface area contributed by atoms with Gasteiger partial charge in [0.05, 0.1) is 22.2 Å². The number of amides is 1. The molecule has 0 bridgehead atoms. The van der Waals surface area contributed by atoms with Gasteiger partial charge in [-0.1, -0.05) is 0 Å². The van der Waals surface area contributed by atoms with Gasteiger partial charge in [0.25, 0.3) is 11.6 Å². The Balaban J connectivity index is 1.65. The molecule has 4 rings (SSSR count). The molecule has 2 aromatic carbocycles. The Morgan fingerprint density at radius 2 is 2.00 bits per heavy atom. The summed E-state index contributed by atoms with van der Waals surface area (Å²) in [7, 11) is 0. The molecule has 0 aromatic heterocycles. The third-order valence-corrected chi connectivity index (χ3v) is 6.32. The molecule has 0 saturated carbocycles. The summed E-state index contributed by atoms with van der Waals surface area (Å²) in [5, 5.41) is 14.2. The molecule has 2 aromatic rings. The van der Waals surface area contributed by atoms with E-state index in [0.29, 0.717) is 17.7 Å². The maximum Gasteiger partial charge on any atom is 0.270 e. The van der Waals surface area contributed by atoms with Crippen LogP contribution in [0.3, 0.4) is 0 Å². The minimum Gasteiger partial charge on any atom is -0.371 e. The first kappa shape index (κ1) is 18.7. The van der Waals surface area contributed by atoms with Crippen LogP contribution in [-0.2, 0) is 0 Å². The summed E-state index contributed by atoms with van der Waals surface area (Å²) in [4.78, 5) is 26.9. The number of nitrogens with zero attached hydrogens (tertiary/aromatic N) is 2. The van der Waals surface area contributed by atoms with Crippen molar-refractivity contribution in [3.05, 3.63) is 63.5 Å². The number of carbonyl (C=O) groups is 1. The van der Waals surface area contributed by atoms with Gasteiger partial charge in [-0.05, 0) is 49.1 Å². The highest BCUT2D eigenvalue weighted by Crippen LogP contribution is 2.37. The molecule has 1 unspecified atom stereocenters. The standard InChI is InChI=1S/C20H20FN3O3S/c21-13-3-6-19-15(11-13)17(7-10-28-19)22-20(25)16-12-14(24(26)27)4-5-18(16)23-8-1-2-9-23/h3-6,11-12,17H,1-2,7-10H2,(H,22,25). The molecule has 1 amide bonds. The van der Waals surface area contributed by atoms with Crippen LogP contribution in [0.1, 0.15) is 41.2 Å². The Hall–Kier alpha value is -2.61. The summed E-state index contributed by atoms with van der Waals surface area (Å²) >= 11 is 1.64. The van der Waals surface area contributed by atoms with Crippen molar-refractivity contribution in [1.29, 1.82) is 0 Å². The third-order valence-electron chi connectivity index (χ3n) is 5.20. The van der Waals surface area contributed by atoms with E-state index in [2.05, 4.69) is 10.2 Å². The van der Waals surface area contributed by atoms with Crippen molar-refractivity contribution in [1.82, 2.24) is 5.32 Å². The second-order valence-electron chi connectivity index (χ2n) is 7.00. The predicted molar refractivity (Wildman–Crippen MR) is 106 cm³/mol. The molecule has 146 valence electrons. The van der Waals surface area contributed by atoms with Gasteiger partial charge < -0.3 is 10.2 Å². The van der Waals surface area contributed by atoms with Crippen molar-refractivity contribution < 1.29 is 14.1 Å². The molecule has 28 heavy (non-hydrogen) atoms. The average Bonchev–Trinajstić information content (AvgIpc) is 3.22. The van der Waals surface area contributed by atoms with Gasteiger partial charge in [0.15, 0.2) is 0 Å². The van der Waals surface area contributed by atoms with Crippen molar-refractivity contribution in [2.75, 3.05) is 23.7 Å². The Morgan fingerprint density at radius 1 is 1.21 bits per heavy atom. The Bertz CT molecular complexity index is 931. The van der Waals surface area contributed by atoms with E-state index in [1.165, 1.54) is 24.3 Å². The van der Waals surface area contributed by atoms with Crippen molar-refractivity contribution >= 4 is 29.0 Å². The normalized spacial score (nSPS) is 18.6. The minimum atomic E-state index is -0.494. The lowest BCUT2D eigenvalue weighted by atomic mass is 10.0. The molecular formula is C20H20FN3O3S. The zero-order valence-corrected chi connectivity index (χ0v) is 16.0. The van der Waals surface area contributed by atoms with Crippen LogP contribution in [0.5, 0.6) is 0 Å². The van der Waals surface area contributed by atoms with Gasteiger partial charge in [-0.25, -0.2) is 4.39 Å². The molecule has 1 fully saturated rings. The van der Waals surface area contributed by atoms with Crippen LogP contribution in [0.15, 0.2) is 41.3 Å². The molecule has 0 aliphatic carbocycles. The second kappa shape index (κ2) is 7.79. The predicted octanol–water partition coefficient (Wildman–Crippen LogP) is 4.30. The van der Waals surface area contributed by atoms with Crippen molar-refractivity contribution in [3.63, 3.8) is 0 Å². The minimum absolute atomic E-state index is 0.112. The molecule has 1 N–H and O–H groups in total. The lowest BCUT2D eigenvalue weighted by Gasteiger charge is -2.27. The van der Waals surface area contributed by atoms with Gasteiger partial charge in [-0.15, -0.1) is 11.8 Å². The first-order chi connectivity index (χ1) is 13.5. The molecule has 2 heterocycles. The quantitative estimate of drug-likeness (QED) is 0.611. The zero-order chi connectivity index (χ0) is 19.7. The highest BCUT2D eigenvalue weighted by molar-refractivity contribution is 7.99. The molecule has 2 aliphatic heterocycles.